The molecule has 1 heterocycles. The molecule has 1 aromatic heterocycles. The zero-order chi connectivity index (χ0) is 12.3. The number of fused-ring (bicyclic) bond motifs is 1. The number of amides is 1. The van der Waals surface area contributed by atoms with Crippen LogP contribution < -0.4 is 11.1 Å². The average molecular weight is 229 g/mol. The van der Waals surface area contributed by atoms with E-state index in [9.17, 15) is 4.79 Å². The lowest BCUT2D eigenvalue weighted by Crippen LogP contribution is -2.28. The van der Waals surface area contributed by atoms with Gasteiger partial charge in [0.05, 0.1) is 12.1 Å². The lowest BCUT2D eigenvalue weighted by molar-refractivity contribution is -0.117. The molecule has 1 aromatic carbocycles. The van der Waals surface area contributed by atoms with E-state index in [4.69, 9.17) is 5.73 Å². The molecule has 3 N–H and O–H groups in total. The second kappa shape index (κ2) is 4.93. The first-order valence-electron chi connectivity index (χ1n) is 5.51. The molecule has 0 spiro atoms. The largest absolute Gasteiger partial charge is 0.369 e. The summed E-state index contributed by atoms with van der Waals surface area (Å²) in [7, 11) is 0. The Morgan fingerprint density at radius 1 is 1.41 bits per heavy atom. The van der Waals surface area contributed by atoms with Gasteiger partial charge in [0.1, 0.15) is 0 Å². The van der Waals surface area contributed by atoms with Crippen LogP contribution in [0.25, 0.3) is 10.9 Å². The number of benzene rings is 1. The fraction of sp³-hybridized carbons (Fsp3) is 0.231. The number of hydrogen-bond acceptors (Lipinski definition) is 3. The number of nitrogens with zero attached hydrogens (tertiary/aromatic N) is 1. The van der Waals surface area contributed by atoms with Crippen molar-refractivity contribution >= 4 is 16.8 Å². The van der Waals surface area contributed by atoms with Crippen molar-refractivity contribution in [2.75, 3.05) is 6.54 Å². The van der Waals surface area contributed by atoms with Crippen molar-refractivity contribution in [1.82, 2.24) is 10.3 Å². The Bertz CT molecular complexity index is 551. The van der Waals surface area contributed by atoms with Gasteiger partial charge in [-0.3, -0.25) is 9.78 Å². The first kappa shape index (κ1) is 11.5. The topological polar surface area (TPSA) is 68.0 Å². The molecule has 0 fully saturated rings. The second-order valence-corrected chi connectivity index (χ2v) is 4.01. The second-order valence-electron chi connectivity index (χ2n) is 4.01. The number of nitrogens with one attached hydrogen (secondary N) is 1. The van der Waals surface area contributed by atoms with Crippen LogP contribution >= 0.6 is 0 Å². The third-order valence-electron chi connectivity index (χ3n) is 2.54. The summed E-state index contributed by atoms with van der Waals surface area (Å²) >= 11 is 0. The van der Waals surface area contributed by atoms with Crippen molar-refractivity contribution in [3.05, 3.63) is 41.6 Å². The summed E-state index contributed by atoms with van der Waals surface area (Å²) < 4.78 is 0. The standard InChI is InChI=1S/C13H15N3O/c1-9-6-10(7-15-8-13(14)17)11-4-2-3-5-12(11)16-9/h2-6,15H,7-8H2,1H3,(H2,14,17). The maximum atomic E-state index is 10.7. The van der Waals surface area contributed by atoms with Crippen molar-refractivity contribution in [2.24, 2.45) is 5.73 Å². The van der Waals surface area contributed by atoms with Crippen LogP contribution in [0.1, 0.15) is 11.3 Å². The fourth-order valence-corrected chi connectivity index (χ4v) is 1.86. The Hall–Kier alpha value is -1.94. The molecular formula is C13H15N3O. The highest BCUT2D eigenvalue weighted by atomic mass is 16.1. The van der Waals surface area contributed by atoms with E-state index in [-0.39, 0.29) is 12.5 Å². The molecule has 4 heteroatoms. The highest BCUT2D eigenvalue weighted by Gasteiger charge is 2.03. The Balaban J connectivity index is 2.29. The van der Waals surface area contributed by atoms with Gasteiger partial charge in [0.15, 0.2) is 0 Å². The van der Waals surface area contributed by atoms with Gasteiger partial charge in [0, 0.05) is 17.6 Å². The number of pyridine rings is 1. The molecule has 0 aliphatic carbocycles. The summed E-state index contributed by atoms with van der Waals surface area (Å²) in [6, 6.07) is 9.99. The van der Waals surface area contributed by atoms with Crippen LogP contribution in [0.4, 0.5) is 0 Å². The van der Waals surface area contributed by atoms with E-state index in [0.717, 1.165) is 22.2 Å². The first-order chi connectivity index (χ1) is 8.16. The zero-order valence-corrected chi connectivity index (χ0v) is 9.73. The lowest BCUT2D eigenvalue weighted by atomic mass is 10.1. The van der Waals surface area contributed by atoms with Gasteiger partial charge in [-0.2, -0.15) is 0 Å². The monoisotopic (exact) mass is 229 g/mol. The fourth-order valence-electron chi connectivity index (χ4n) is 1.86. The normalized spacial score (nSPS) is 10.6. The van der Waals surface area contributed by atoms with Gasteiger partial charge in [-0.25, -0.2) is 0 Å². The number of primary amides is 1. The number of hydrogen-bond donors (Lipinski definition) is 2. The predicted octanol–water partition coefficient (Wildman–Crippen LogP) is 1.12. The minimum atomic E-state index is -0.347. The summed E-state index contributed by atoms with van der Waals surface area (Å²) in [5.74, 6) is -0.347. The number of para-hydroxylation sites is 1. The van der Waals surface area contributed by atoms with Crippen LogP contribution in [-0.2, 0) is 11.3 Å². The Morgan fingerprint density at radius 2 is 2.18 bits per heavy atom. The summed E-state index contributed by atoms with van der Waals surface area (Å²) in [6.45, 7) is 2.77. The summed E-state index contributed by atoms with van der Waals surface area (Å²) in [4.78, 5) is 15.1. The molecule has 0 bridgehead atoms. The molecular weight excluding hydrogens is 214 g/mol. The van der Waals surface area contributed by atoms with E-state index >= 15 is 0 Å². The Morgan fingerprint density at radius 3 is 2.94 bits per heavy atom. The van der Waals surface area contributed by atoms with Crippen LogP contribution in [0, 0.1) is 6.92 Å². The van der Waals surface area contributed by atoms with Gasteiger partial charge in [-0.15, -0.1) is 0 Å². The molecule has 1 amide bonds. The minimum absolute atomic E-state index is 0.190. The Kier molecular flexibility index (Phi) is 3.35. The molecule has 2 rings (SSSR count). The van der Waals surface area contributed by atoms with E-state index in [2.05, 4.69) is 10.3 Å². The third-order valence-corrected chi connectivity index (χ3v) is 2.54. The van der Waals surface area contributed by atoms with Gasteiger partial charge in [-0.05, 0) is 24.6 Å². The van der Waals surface area contributed by atoms with Crippen LogP contribution in [0.15, 0.2) is 30.3 Å². The minimum Gasteiger partial charge on any atom is -0.369 e. The first-order valence-corrected chi connectivity index (χ1v) is 5.51. The zero-order valence-electron chi connectivity index (χ0n) is 9.73. The number of aryl methyl sites for hydroxylation is 1. The van der Waals surface area contributed by atoms with Crippen molar-refractivity contribution in [2.45, 2.75) is 13.5 Å². The van der Waals surface area contributed by atoms with Crippen LogP contribution in [0.5, 0.6) is 0 Å². The number of nitrogens with two attached hydrogens (primary N) is 1. The van der Waals surface area contributed by atoms with E-state index in [0.29, 0.717) is 6.54 Å². The smallest absolute Gasteiger partial charge is 0.231 e. The highest BCUT2D eigenvalue weighted by Crippen LogP contribution is 2.17. The molecule has 2 aromatic rings. The predicted molar refractivity (Wildman–Crippen MR) is 67.4 cm³/mol. The maximum Gasteiger partial charge on any atom is 0.231 e. The Labute approximate surface area is 99.8 Å². The number of carbonyl (C=O) groups excluding carboxylic acids is 1. The average Bonchev–Trinajstić information content (AvgIpc) is 2.28. The van der Waals surface area contributed by atoms with Gasteiger partial charge < -0.3 is 11.1 Å². The maximum absolute atomic E-state index is 10.7. The molecule has 0 saturated carbocycles. The van der Waals surface area contributed by atoms with Crippen LogP contribution in [0.3, 0.4) is 0 Å². The number of aromatic nitrogens is 1. The van der Waals surface area contributed by atoms with Gasteiger partial charge >= 0.3 is 0 Å². The van der Waals surface area contributed by atoms with Crippen LogP contribution in [-0.4, -0.2) is 17.4 Å². The van der Waals surface area contributed by atoms with Crippen molar-refractivity contribution in [3.8, 4) is 0 Å². The van der Waals surface area contributed by atoms with E-state index < -0.39 is 0 Å². The van der Waals surface area contributed by atoms with E-state index in [1.165, 1.54) is 0 Å². The number of rotatable bonds is 4. The molecule has 88 valence electrons. The van der Waals surface area contributed by atoms with Gasteiger partial charge in [-0.1, -0.05) is 18.2 Å². The lowest BCUT2D eigenvalue weighted by Gasteiger charge is -2.08. The summed E-state index contributed by atoms with van der Waals surface area (Å²) in [6.07, 6.45) is 0. The molecule has 0 radical (unpaired) electrons. The van der Waals surface area contributed by atoms with Gasteiger partial charge in [0.2, 0.25) is 5.91 Å². The third kappa shape index (κ3) is 2.79. The molecule has 0 unspecified atom stereocenters. The summed E-state index contributed by atoms with van der Waals surface area (Å²) in [5, 5.41) is 4.12. The summed E-state index contributed by atoms with van der Waals surface area (Å²) in [5.41, 5.74) is 8.17. The highest BCUT2D eigenvalue weighted by molar-refractivity contribution is 5.82. The van der Waals surface area contributed by atoms with E-state index in [1.807, 2.05) is 37.3 Å². The molecule has 0 saturated heterocycles. The molecule has 4 nitrogen and oxygen atoms in total. The molecule has 0 atom stereocenters. The molecule has 0 aliphatic heterocycles. The molecule has 0 aliphatic rings. The quantitative estimate of drug-likeness (QED) is 0.825. The van der Waals surface area contributed by atoms with Crippen molar-refractivity contribution in [3.63, 3.8) is 0 Å². The van der Waals surface area contributed by atoms with Crippen molar-refractivity contribution < 1.29 is 4.79 Å². The number of carbonyl (C=O) groups is 1. The SMILES string of the molecule is Cc1cc(CNCC(N)=O)c2ccccc2n1. The molecule has 17 heavy (non-hydrogen) atoms. The van der Waals surface area contributed by atoms with Crippen molar-refractivity contribution in [1.29, 1.82) is 0 Å². The van der Waals surface area contributed by atoms with Gasteiger partial charge in [0.25, 0.3) is 0 Å². The van der Waals surface area contributed by atoms with E-state index in [1.54, 1.807) is 0 Å². The van der Waals surface area contributed by atoms with Crippen LogP contribution in [0.2, 0.25) is 0 Å².